The van der Waals surface area contributed by atoms with Gasteiger partial charge >= 0.3 is 0 Å². The first-order valence-electron chi connectivity index (χ1n) is 7.72. The number of hydrogen-bond donors (Lipinski definition) is 2. The first-order chi connectivity index (χ1) is 10.5. The maximum atomic E-state index is 11.2. The smallest absolute Gasteiger partial charge is 0.248 e. The third kappa shape index (κ3) is 5.01. The van der Waals surface area contributed by atoms with Crippen LogP contribution in [0.3, 0.4) is 0 Å². The van der Waals surface area contributed by atoms with Crippen molar-refractivity contribution in [3.05, 3.63) is 70.8 Å². The van der Waals surface area contributed by atoms with Gasteiger partial charge in [0.05, 0.1) is 0 Å². The van der Waals surface area contributed by atoms with E-state index < -0.39 is 0 Å². The summed E-state index contributed by atoms with van der Waals surface area (Å²) < 4.78 is 0. The zero-order chi connectivity index (χ0) is 15.9. The molecule has 2 aromatic carbocycles. The van der Waals surface area contributed by atoms with Crippen molar-refractivity contribution in [1.29, 1.82) is 0 Å². The van der Waals surface area contributed by atoms with Gasteiger partial charge in [-0.15, -0.1) is 0 Å². The molecule has 3 N–H and O–H groups in total. The Hall–Kier alpha value is -2.13. The quantitative estimate of drug-likeness (QED) is 0.824. The van der Waals surface area contributed by atoms with Gasteiger partial charge < -0.3 is 11.1 Å². The lowest BCUT2D eigenvalue weighted by molar-refractivity contribution is 0.1000. The lowest BCUT2D eigenvalue weighted by Crippen LogP contribution is -2.26. The van der Waals surface area contributed by atoms with E-state index in [1.54, 1.807) is 6.07 Å². The zero-order valence-electron chi connectivity index (χ0n) is 13.3. The van der Waals surface area contributed by atoms with Crippen LogP contribution in [0, 0.1) is 6.92 Å². The third-order valence-electron chi connectivity index (χ3n) is 3.81. The van der Waals surface area contributed by atoms with Crippen LogP contribution in [0.5, 0.6) is 0 Å². The van der Waals surface area contributed by atoms with Crippen LogP contribution in [-0.2, 0) is 13.0 Å². The predicted octanol–water partition coefficient (Wildman–Crippen LogP) is 3.20. The number of hydrogen-bond acceptors (Lipinski definition) is 2. The highest BCUT2D eigenvalue weighted by atomic mass is 16.1. The number of nitrogens with two attached hydrogens (primary N) is 1. The molecule has 0 saturated carbocycles. The Morgan fingerprint density at radius 3 is 2.59 bits per heavy atom. The molecule has 0 spiro atoms. The highest BCUT2D eigenvalue weighted by Gasteiger charge is 2.05. The van der Waals surface area contributed by atoms with Crippen molar-refractivity contribution in [1.82, 2.24) is 5.32 Å². The first-order valence-corrected chi connectivity index (χ1v) is 7.72. The average Bonchev–Trinajstić information content (AvgIpc) is 2.51. The van der Waals surface area contributed by atoms with Crippen molar-refractivity contribution >= 4 is 5.91 Å². The molecule has 1 amide bonds. The SMILES string of the molecule is Cc1cccc(CCC(C)NCc2cccc(C(N)=O)c2)c1. The fourth-order valence-corrected chi connectivity index (χ4v) is 2.48. The highest BCUT2D eigenvalue weighted by molar-refractivity contribution is 5.92. The number of amides is 1. The van der Waals surface area contributed by atoms with Gasteiger partial charge in [0.15, 0.2) is 0 Å². The minimum atomic E-state index is -0.380. The van der Waals surface area contributed by atoms with E-state index in [1.807, 2.05) is 18.2 Å². The van der Waals surface area contributed by atoms with Crippen LogP contribution in [0.2, 0.25) is 0 Å². The van der Waals surface area contributed by atoms with Crippen molar-refractivity contribution < 1.29 is 4.79 Å². The summed E-state index contributed by atoms with van der Waals surface area (Å²) in [6.07, 6.45) is 2.15. The van der Waals surface area contributed by atoms with E-state index in [0.717, 1.165) is 24.9 Å². The maximum absolute atomic E-state index is 11.2. The van der Waals surface area contributed by atoms with Gasteiger partial charge in [0.1, 0.15) is 0 Å². The van der Waals surface area contributed by atoms with Gasteiger partial charge in [-0.05, 0) is 49.9 Å². The largest absolute Gasteiger partial charge is 0.366 e. The van der Waals surface area contributed by atoms with Gasteiger partial charge in [-0.3, -0.25) is 4.79 Å². The van der Waals surface area contributed by atoms with Crippen LogP contribution in [0.15, 0.2) is 48.5 Å². The van der Waals surface area contributed by atoms with Gasteiger partial charge in [-0.1, -0.05) is 42.0 Å². The normalized spacial score (nSPS) is 12.1. The average molecular weight is 296 g/mol. The van der Waals surface area contributed by atoms with Crippen LogP contribution in [-0.4, -0.2) is 11.9 Å². The lowest BCUT2D eigenvalue weighted by atomic mass is 10.0. The first kappa shape index (κ1) is 16.2. The Balaban J connectivity index is 1.81. The Bertz CT molecular complexity index is 637. The summed E-state index contributed by atoms with van der Waals surface area (Å²) in [5.41, 5.74) is 9.63. The van der Waals surface area contributed by atoms with Gasteiger partial charge in [0.2, 0.25) is 5.91 Å². The van der Waals surface area contributed by atoms with E-state index in [0.29, 0.717) is 11.6 Å². The van der Waals surface area contributed by atoms with E-state index >= 15 is 0 Å². The second-order valence-electron chi connectivity index (χ2n) is 5.87. The molecular weight excluding hydrogens is 272 g/mol. The van der Waals surface area contributed by atoms with Crippen LogP contribution in [0.1, 0.15) is 40.4 Å². The Kier molecular flexibility index (Phi) is 5.73. The summed E-state index contributed by atoms with van der Waals surface area (Å²) in [5, 5.41) is 3.50. The monoisotopic (exact) mass is 296 g/mol. The standard InChI is InChI=1S/C19H24N2O/c1-14-5-3-6-16(11-14)10-9-15(2)21-13-17-7-4-8-18(12-17)19(20)22/h3-8,11-12,15,21H,9-10,13H2,1-2H3,(H2,20,22). The van der Waals surface area contributed by atoms with Crippen molar-refractivity contribution in [3.8, 4) is 0 Å². The number of rotatable bonds is 7. The number of carbonyl (C=O) groups is 1. The summed E-state index contributed by atoms with van der Waals surface area (Å²) in [6, 6.07) is 16.5. The lowest BCUT2D eigenvalue weighted by Gasteiger charge is -2.14. The molecule has 0 aliphatic rings. The van der Waals surface area contributed by atoms with E-state index in [9.17, 15) is 4.79 Å². The minimum Gasteiger partial charge on any atom is -0.366 e. The van der Waals surface area contributed by atoms with E-state index in [-0.39, 0.29) is 5.91 Å². The molecule has 0 aromatic heterocycles. The molecule has 1 atom stereocenters. The molecule has 3 heteroatoms. The second kappa shape index (κ2) is 7.76. The molecule has 0 saturated heterocycles. The predicted molar refractivity (Wildman–Crippen MR) is 90.8 cm³/mol. The molecule has 116 valence electrons. The zero-order valence-corrected chi connectivity index (χ0v) is 13.3. The molecule has 0 bridgehead atoms. The molecule has 1 unspecified atom stereocenters. The van der Waals surface area contributed by atoms with Crippen LogP contribution in [0.4, 0.5) is 0 Å². The van der Waals surface area contributed by atoms with Crippen molar-refractivity contribution in [2.24, 2.45) is 5.73 Å². The fourth-order valence-electron chi connectivity index (χ4n) is 2.48. The van der Waals surface area contributed by atoms with Gasteiger partial charge in [0, 0.05) is 18.2 Å². The molecule has 0 radical (unpaired) electrons. The summed E-state index contributed by atoms with van der Waals surface area (Å²) in [6.45, 7) is 5.06. The highest BCUT2D eigenvalue weighted by Crippen LogP contribution is 2.09. The molecule has 0 aliphatic heterocycles. The van der Waals surface area contributed by atoms with E-state index in [1.165, 1.54) is 11.1 Å². The van der Waals surface area contributed by atoms with Crippen molar-refractivity contribution in [2.75, 3.05) is 0 Å². The van der Waals surface area contributed by atoms with Crippen molar-refractivity contribution in [2.45, 2.75) is 39.3 Å². The van der Waals surface area contributed by atoms with Crippen molar-refractivity contribution in [3.63, 3.8) is 0 Å². The molecule has 0 heterocycles. The Labute approximate surface area is 132 Å². The van der Waals surface area contributed by atoms with E-state index in [2.05, 4.69) is 43.4 Å². The van der Waals surface area contributed by atoms with Crippen LogP contribution < -0.4 is 11.1 Å². The number of primary amides is 1. The Morgan fingerprint density at radius 1 is 1.14 bits per heavy atom. The summed E-state index contributed by atoms with van der Waals surface area (Å²) in [5.74, 6) is -0.380. The summed E-state index contributed by atoms with van der Waals surface area (Å²) >= 11 is 0. The minimum absolute atomic E-state index is 0.380. The van der Waals surface area contributed by atoms with Gasteiger partial charge in [-0.2, -0.15) is 0 Å². The van der Waals surface area contributed by atoms with Gasteiger partial charge in [0.25, 0.3) is 0 Å². The maximum Gasteiger partial charge on any atom is 0.248 e. The molecule has 0 fully saturated rings. The molecule has 0 aliphatic carbocycles. The molecule has 2 aromatic rings. The molecular formula is C19H24N2O. The third-order valence-corrected chi connectivity index (χ3v) is 3.81. The fraction of sp³-hybridized carbons (Fsp3) is 0.316. The number of benzene rings is 2. The second-order valence-corrected chi connectivity index (χ2v) is 5.87. The molecule has 3 nitrogen and oxygen atoms in total. The molecule has 2 rings (SSSR count). The summed E-state index contributed by atoms with van der Waals surface area (Å²) in [4.78, 5) is 11.2. The Morgan fingerprint density at radius 2 is 1.86 bits per heavy atom. The number of aryl methyl sites for hydroxylation is 2. The summed E-state index contributed by atoms with van der Waals surface area (Å²) in [7, 11) is 0. The molecule has 22 heavy (non-hydrogen) atoms. The van der Waals surface area contributed by atoms with Crippen LogP contribution >= 0.6 is 0 Å². The van der Waals surface area contributed by atoms with E-state index in [4.69, 9.17) is 5.73 Å². The van der Waals surface area contributed by atoms with Crippen LogP contribution in [0.25, 0.3) is 0 Å². The number of carbonyl (C=O) groups excluding carboxylic acids is 1. The van der Waals surface area contributed by atoms with Gasteiger partial charge in [-0.25, -0.2) is 0 Å². The topological polar surface area (TPSA) is 55.1 Å². The number of nitrogens with one attached hydrogen (secondary N) is 1.